The summed E-state index contributed by atoms with van der Waals surface area (Å²) >= 11 is 1.62. The van der Waals surface area contributed by atoms with Crippen molar-refractivity contribution in [2.24, 2.45) is 5.73 Å². The molecular formula is C7H7F3IN3O. The molecule has 1 rings (SSSR count). The average molecular weight is 333 g/mol. The molecule has 0 saturated heterocycles. The summed E-state index contributed by atoms with van der Waals surface area (Å²) in [5.41, 5.74) is 4.26. The Kier molecular flexibility index (Phi) is 3.71. The van der Waals surface area contributed by atoms with Gasteiger partial charge in [-0.3, -0.25) is 9.36 Å². The lowest BCUT2D eigenvalue weighted by Gasteiger charge is -2.20. The third-order valence-corrected chi connectivity index (χ3v) is 2.49. The SMILES string of the molecule is NCC(n1cncc(I)c1=O)C(F)(F)F. The molecule has 0 fully saturated rings. The Labute approximate surface area is 96.4 Å². The predicted molar refractivity (Wildman–Crippen MR) is 55.4 cm³/mol. The van der Waals surface area contributed by atoms with Crippen LogP contribution in [0.2, 0.25) is 0 Å². The number of halogens is 4. The van der Waals surface area contributed by atoms with E-state index in [-0.39, 0.29) is 3.57 Å². The third kappa shape index (κ3) is 2.68. The van der Waals surface area contributed by atoms with Crippen LogP contribution in [0.5, 0.6) is 0 Å². The summed E-state index contributed by atoms with van der Waals surface area (Å²) < 4.78 is 38.0. The zero-order valence-corrected chi connectivity index (χ0v) is 9.49. The highest BCUT2D eigenvalue weighted by Gasteiger charge is 2.40. The fourth-order valence-corrected chi connectivity index (χ4v) is 1.47. The monoisotopic (exact) mass is 333 g/mol. The van der Waals surface area contributed by atoms with E-state index in [0.29, 0.717) is 4.57 Å². The van der Waals surface area contributed by atoms with Crippen molar-refractivity contribution in [2.45, 2.75) is 12.2 Å². The second-order valence-electron chi connectivity index (χ2n) is 2.75. The van der Waals surface area contributed by atoms with Crippen LogP contribution in [-0.2, 0) is 0 Å². The van der Waals surface area contributed by atoms with Crippen molar-refractivity contribution in [2.75, 3.05) is 6.54 Å². The van der Waals surface area contributed by atoms with Crippen LogP contribution < -0.4 is 11.3 Å². The smallest absolute Gasteiger partial charge is 0.328 e. The second kappa shape index (κ2) is 4.47. The van der Waals surface area contributed by atoms with E-state index in [0.717, 1.165) is 6.33 Å². The van der Waals surface area contributed by atoms with Crippen molar-refractivity contribution in [3.63, 3.8) is 0 Å². The maximum absolute atomic E-state index is 12.4. The molecule has 0 aromatic carbocycles. The molecule has 0 amide bonds. The number of hydrogen-bond acceptors (Lipinski definition) is 3. The Morgan fingerprint density at radius 2 is 2.20 bits per heavy atom. The first kappa shape index (κ1) is 12.4. The number of alkyl halides is 3. The molecule has 1 atom stereocenters. The van der Waals surface area contributed by atoms with E-state index in [1.807, 2.05) is 0 Å². The molecule has 0 aliphatic carbocycles. The summed E-state index contributed by atoms with van der Waals surface area (Å²) in [6.45, 7) is -0.689. The zero-order chi connectivity index (χ0) is 11.6. The summed E-state index contributed by atoms with van der Waals surface area (Å²) in [7, 11) is 0. The summed E-state index contributed by atoms with van der Waals surface area (Å²) in [6, 6.07) is -2.02. The van der Waals surface area contributed by atoms with Crippen molar-refractivity contribution in [1.29, 1.82) is 0 Å². The van der Waals surface area contributed by atoms with Gasteiger partial charge >= 0.3 is 6.18 Å². The molecule has 0 aliphatic rings. The first-order chi connectivity index (χ1) is 6.88. The van der Waals surface area contributed by atoms with Gasteiger partial charge in [0.05, 0.1) is 9.90 Å². The van der Waals surface area contributed by atoms with Gasteiger partial charge in [0, 0.05) is 12.7 Å². The van der Waals surface area contributed by atoms with E-state index in [9.17, 15) is 18.0 Å². The van der Waals surface area contributed by atoms with Gasteiger partial charge in [0.25, 0.3) is 5.56 Å². The van der Waals surface area contributed by atoms with Gasteiger partial charge in [-0.1, -0.05) is 0 Å². The Bertz CT molecular complexity index is 403. The highest BCUT2D eigenvalue weighted by Crippen LogP contribution is 2.28. The third-order valence-electron chi connectivity index (χ3n) is 1.75. The predicted octanol–water partition coefficient (Wildman–Crippen LogP) is 0.910. The minimum Gasteiger partial charge on any atom is -0.328 e. The molecule has 0 bridgehead atoms. The van der Waals surface area contributed by atoms with Crippen molar-refractivity contribution in [3.8, 4) is 0 Å². The highest BCUT2D eigenvalue weighted by molar-refractivity contribution is 14.1. The standard InChI is InChI=1S/C7H7F3IN3O/c8-7(9,10)5(1-12)14-3-13-2-4(11)6(14)15/h2-3,5H,1,12H2. The topological polar surface area (TPSA) is 60.9 Å². The fourth-order valence-electron chi connectivity index (χ4n) is 1.03. The van der Waals surface area contributed by atoms with E-state index >= 15 is 0 Å². The molecule has 0 aliphatic heterocycles. The van der Waals surface area contributed by atoms with Crippen molar-refractivity contribution >= 4 is 22.6 Å². The highest BCUT2D eigenvalue weighted by atomic mass is 127. The maximum Gasteiger partial charge on any atom is 0.410 e. The molecule has 0 spiro atoms. The Balaban J connectivity index is 3.25. The molecule has 1 unspecified atom stereocenters. The van der Waals surface area contributed by atoms with Crippen LogP contribution in [0.4, 0.5) is 13.2 Å². The number of nitrogens with two attached hydrogens (primary N) is 1. The van der Waals surface area contributed by atoms with Crippen LogP contribution >= 0.6 is 22.6 Å². The van der Waals surface area contributed by atoms with Crippen molar-refractivity contribution < 1.29 is 13.2 Å². The number of rotatable bonds is 2. The molecular weight excluding hydrogens is 326 g/mol. The lowest BCUT2D eigenvalue weighted by molar-refractivity contribution is -0.165. The first-order valence-corrected chi connectivity index (χ1v) is 4.94. The minimum atomic E-state index is -4.55. The van der Waals surface area contributed by atoms with Crippen molar-refractivity contribution in [1.82, 2.24) is 9.55 Å². The van der Waals surface area contributed by atoms with Crippen molar-refractivity contribution in [3.05, 3.63) is 26.4 Å². The minimum absolute atomic E-state index is 0.123. The lowest BCUT2D eigenvalue weighted by Crippen LogP contribution is -2.39. The van der Waals surface area contributed by atoms with Crippen LogP contribution in [0.1, 0.15) is 6.04 Å². The van der Waals surface area contributed by atoms with E-state index in [2.05, 4.69) is 4.98 Å². The fraction of sp³-hybridized carbons (Fsp3) is 0.429. The number of aromatic nitrogens is 2. The van der Waals surface area contributed by atoms with Crippen LogP contribution in [0.3, 0.4) is 0 Å². The number of nitrogens with zero attached hydrogens (tertiary/aromatic N) is 2. The summed E-state index contributed by atoms with van der Waals surface area (Å²) in [5, 5.41) is 0. The molecule has 15 heavy (non-hydrogen) atoms. The largest absolute Gasteiger partial charge is 0.410 e. The molecule has 1 aromatic heterocycles. The molecule has 84 valence electrons. The van der Waals surface area contributed by atoms with Gasteiger partial charge in [-0.2, -0.15) is 13.2 Å². The van der Waals surface area contributed by atoms with E-state index in [1.54, 1.807) is 22.6 Å². The van der Waals surface area contributed by atoms with Gasteiger partial charge in [-0.15, -0.1) is 0 Å². The van der Waals surface area contributed by atoms with E-state index in [4.69, 9.17) is 5.73 Å². The molecule has 2 N–H and O–H groups in total. The normalized spacial score (nSPS) is 13.9. The van der Waals surface area contributed by atoms with Gasteiger partial charge < -0.3 is 5.73 Å². The Hall–Kier alpha value is -0.640. The summed E-state index contributed by atoms with van der Waals surface area (Å²) in [6.07, 6.45) is -2.51. The maximum atomic E-state index is 12.4. The van der Waals surface area contributed by atoms with Crippen LogP contribution in [0.15, 0.2) is 17.3 Å². The quantitative estimate of drug-likeness (QED) is 0.819. The molecule has 1 aromatic rings. The molecule has 1 heterocycles. The second-order valence-corrected chi connectivity index (χ2v) is 3.91. The number of hydrogen-bond donors (Lipinski definition) is 1. The molecule has 0 saturated carbocycles. The lowest BCUT2D eigenvalue weighted by atomic mass is 10.3. The van der Waals surface area contributed by atoms with Gasteiger partial charge in [0.2, 0.25) is 0 Å². The van der Waals surface area contributed by atoms with Gasteiger partial charge in [0.1, 0.15) is 6.04 Å². The van der Waals surface area contributed by atoms with Gasteiger partial charge in [0.15, 0.2) is 0 Å². The first-order valence-electron chi connectivity index (χ1n) is 3.86. The van der Waals surface area contributed by atoms with Crippen LogP contribution in [0, 0.1) is 3.57 Å². The summed E-state index contributed by atoms with van der Waals surface area (Å²) in [4.78, 5) is 14.9. The van der Waals surface area contributed by atoms with Gasteiger partial charge in [-0.05, 0) is 22.6 Å². The van der Waals surface area contributed by atoms with Crippen LogP contribution in [-0.4, -0.2) is 22.3 Å². The summed E-state index contributed by atoms with van der Waals surface area (Å²) in [5.74, 6) is 0. The molecule has 8 heteroatoms. The van der Waals surface area contributed by atoms with E-state index < -0.39 is 24.3 Å². The molecule has 4 nitrogen and oxygen atoms in total. The zero-order valence-electron chi connectivity index (χ0n) is 7.33. The molecule has 0 radical (unpaired) electrons. The Morgan fingerprint density at radius 3 is 2.67 bits per heavy atom. The van der Waals surface area contributed by atoms with E-state index in [1.165, 1.54) is 6.20 Å². The Morgan fingerprint density at radius 1 is 1.60 bits per heavy atom. The van der Waals surface area contributed by atoms with Gasteiger partial charge in [-0.25, -0.2) is 4.98 Å². The average Bonchev–Trinajstić information content (AvgIpc) is 2.11. The van der Waals surface area contributed by atoms with Crippen LogP contribution in [0.25, 0.3) is 0 Å².